The highest BCUT2D eigenvalue weighted by atomic mass is 35.5. The second-order valence-electron chi connectivity index (χ2n) is 11.9. The zero-order chi connectivity index (χ0) is 31.8. The summed E-state index contributed by atoms with van der Waals surface area (Å²) in [6.45, 7) is 1.37. The number of halogens is 5. The van der Waals surface area contributed by atoms with E-state index in [0.717, 1.165) is 68.2 Å². The molecule has 240 valence electrons. The molecule has 0 amide bonds. The molecule has 0 spiro atoms. The number of rotatable bonds is 9. The van der Waals surface area contributed by atoms with Gasteiger partial charge in [0.25, 0.3) is 5.88 Å². The molecule has 1 saturated carbocycles. The minimum atomic E-state index is -4.61. The number of benzene rings is 2. The van der Waals surface area contributed by atoms with Crippen LogP contribution in [0.25, 0.3) is 22.4 Å². The van der Waals surface area contributed by atoms with Gasteiger partial charge in [-0.3, -0.25) is 0 Å². The number of nitrogens with one attached hydrogen (secondary N) is 1. The first-order chi connectivity index (χ1) is 22.2. The normalized spacial score (nSPS) is 20.2. The molecule has 1 unspecified atom stereocenters. The van der Waals surface area contributed by atoms with Crippen molar-refractivity contribution in [1.29, 1.82) is 0 Å². The molecule has 5 aromatic rings. The first-order valence-corrected chi connectivity index (χ1v) is 15.6. The highest BCUT2D eigenvalue weighted by molar-refractivity contribution is 6.30. The Hall–Kier alpha value is -4.10. The topological polar surface area (TPSA) is 104 Å². The Morgan fingerprint density at radius 3 is 2.48 bits per heavy atom. The highest BCUT2D eigenvalue weighted by Crippen LogP contribution is 2.33. The predicted octanol–water partition coefficient (Wildman–Crippen LogP) is 6.98. The van der Waals surface area contributed by atoms with E-state index in [2.05, 4.69) is 29.7 Å². The van der Waals surface area contributed by atoms with E-state index < -0.39 is 17.8 Å². The molecule has 46 heavy (non-hydrogen) atoms. The number of imidazole rings is 1. The summed E-state index contributed by atoms with van der Waals surface area (Å²) in [6, 6.07) is 12.7. The van der Waals surface area contributed by atoms with Crippen LogP contribution in [0, 0.1) is 11.7 Å². The van der Waals surface area contributed by atoms with Gasteiger partial charge < -0.3 is 19.0 Å². The van der Waals surface area contributed by atoms with Gasteiger partial charge in [-0.2, -0.15) is 22.5 Å². The fourth-order valence-corrected chi connectivity index (χ4v) is 6.17. The van der Waals surface area contributed by atoms with Crippen LogP contribution >= 0.6 is 11.6 Å². The van der Waals surface area contributed by atoms with E-state index in [-0.39, 0.29) is 23.9 Å². The maximum Gasteiger partial charge on any atom is 0.451 e. The van der Waals surface area contributed by atoms with Gasteiger partial charge in [0, 0.05) is 30.0 Å². The average Bonchev–Trinajstić information content (AvgIpc) is 3.64. The van der Waals surface area contributed by atoms with Crippen LogP contribution in [0.15, 0.2) is 48.7 Å². The van der Waals surface area contributed by atoms with E-state index in [1.54, 1.807) is 24.3 Å². The Morgan fingerprint density at radius 1 is 1.00 bits per heavy atom. The minimum Gasteiger partial charge on any atom is -0.472 e. The second kappa shape index (κ2) is 12.6. The maximum absolute atomic E-state index is 14.6. The zero-order valence-electron chi connectivity index (χ0n) is 24.6. The molecule has 1 aliphatic heterocycles. The molecule has 2 fully saturated rings. The zero-order valence-corrected chi connectivity index (χ0v) is 25.4. The lowest BCUT2D eigenvalue weighted by atomic mass is 9.85. The summed E-state index contributed by atoms with van der Waals surface area (Å²) in [5.74, 6) is -0.0396. The fraction of sp³-hybridized carbons (Fsp3) is 0.406. The Kier molecular flexibility index (Phi) is 8.36. The van der Waals surface area contributed by atoms with Crippen LogP contribution < -0.4 is 4.74 Å². The Bertz CT molecular complexity index is 1830. The van der Waals surface area contributed by atoms with Crippen LogP contribution in [0.5, 0.6) is 5.88 Å². The highest BCUT2D eigenvalue weighted by Gasteiger charge is 2.35. The van der Waals surface area contributed by atoms with Crippen molar-refractivity contribution < 1.29 is 27.0 Å². The molecule has 4 heterocycles. The number of alkyl halides is 3. The standard InChI is InChI=1S/C32H30ClF4N7O2/c33-21-6-1-18(2-7-21)13-27-38-16-24(34)30(40-27)46-22-8-3-19(4-9-22)14-28-39-25-15-20(29-41-31(43-42-29)32(35,36)37)5-10-26(25)44(28)17-23-11-12-45-23/h1-2,5-7,10,15-16,19,22-23H,3-4,8-9,11-14,17H2,(H,41,42,43). The molecule has 1 saturated heterocycles. The van der Waals surface area contributed by atoms with Crippen molar-refractivity contribution in [3.05, 3.63) is 82.5 Å². The summed E-state index contributed by atoms with van der Waals surface area (Å²) in [5.41, 5.74) is 2.98. The van der Waals surface area contributed by atoms with Crippen LogP contribution in [0.3, 0.4) is 0 Å². The van der Waals surface area contributed by atoms with Gasteiger partial charge in [0.05, 0.1) is 29.9 Å². The maximum atomic E-state index is 14.6. The van der Waals surface area contributed by atoms with Crippen LogP contribution in [-0.2, 0) is 30.3 Å². The Morgan fingerprint density at radius 2 is 1.78 bits per heavy atom. The van der Waals surface area contributed by atoms with E-state index in [1.165, 1.54) is 0 Å². The molecule has 0 bridgehead atoms. The largest absolute Gasteiger partial charge is 0.472 e. The van der Waals surface area contributed by atoms with Gasteiger partial charge in [-0.05, 0) is 73.9 Å². The molecular formula is C32H30ClF4N7O2. The molecule has 1 N–H and O–H groups in total. The van der Waals surface area contributed by atoms with Crippen molar-refractivity contribution in [3.63, 3.8) is 0 Å². The molecule has 3 aromatic heterocycles. The van der Waals surface area contributed by atoms with Crippen LogP contribution in [0.2, 0.25) is 5.02 Å². The summed E-state index contributed by atoms with van der Waals surface area (Å²) in [7, 11) is 0. The lowest BCUT2D eigenvalue weighted by Gasteiger charge is -2.30. The van der Waals surface area contributed by atoms with E-state index in [1.807, 2.05) is 18.2 Å². The van der Waals surface area contributed by atoms with Gasteiger partial charge in [0.15, 0.2) is 5.82 Å². The number of nitrogens with zero attached hydrogens (tertiary/aromatic N) is 6. The molecule has 2 aromatic carbocycles. The summed E-state index contributed by atoms with van der Waals surface area (Å²) < 4.78 is 67.7. The van der Waals surface area contributed by atoms with Gasteiger partial charge in [0.1, 0.15) is 17.8 Å². The third-order valence-electron chi connectivity index (χ3n) is 8.62. The number of fused-ring (bicyclic) bond motifs is 1. The van der Waals surface area contributed by atoms with Gasteiger partial charge in [-0.25, -0.2) is 9.97 Å². The molecule has 2 aliphatic rings. The number of hydrogen-bond acceptors (Lipinski definition) is 7. The first-order valence-electron chi connectivity index (χ1n) is 15.2. The number of aromatic amines is 1. The number of aromatic nitrogens is 7. The van der Waals surface area contributed by atoms with Gasteiger partial charge in [-0.15, -0.1) is 10.2 Å². The van der Waals surface area contributed by atoms with E-state index >= 15 is 0 Å². The monoisotopic (exact) mass is 655 g/mol. The molecule has 0 radical (unpaired) electrons. The first kappa shape index (κ1) is 30.5. The van der Waals surface area contributed by atoms with E-state index in [9.17, 15) is 17.6 Å². The van der Waals surface area contributed by atoms with Crippen LogP contribution in [0.4, 0.5) is 17.6 Å². The lowest BCUT2D eigenvalue weighted by molar-refractivity contribution is -0.144. The third-order valence-corrected chi connectivity index (χ3v) is 8.87. The van der Waals surface area contributed by atoms with Crippen molar-refractivity contribution in [1.82, 2.24) is 34.7 Å². The second-order valence-corrected chi connectivity index (χ2v) is 12.3. The van der Waals surface area contributed by atoms with Crippen molar-refractivity contribution in [2.45, 2.75) is 69.9 Å². The third kappa shape index (κ3) is 6.70. The molecule has 9 nitrogen and oxygen atoms in total. The summed E-state index contributed by atoms with van der Waals surface area (Å²) in [6.07, 6.45) is 1.78. The molecule has 7 rings (SSSR count). The van der Waals surface area contributed by atoms with Crippen LogP contribution in [0.1, 0.15) is 55.1 Å². The van der Waals surface area contributed by atoms with Gasteiger partial charge in [-0.1, -0.05) is 23.7 Å². The Labute approximate surface area is 266 Å². The van der Waals surface area contributed by atoms with Crippen molar-refractivity contribution in [2.75, 3.05) is 6.61 Å². The molecule has 1 aliphatic carbocycles. The Balaban J connectivity index is 1.03. The number of hydrogen-bond donors (Lipinski definition) is 1. The van der Waals surface area contributed by atoms with Crippen molar-refractivity contribution in [2.24, 2.45) is 5.92 Å². The van der Waals surface area contributed by atoms with Gasteiger partial charge in [0.2, 0.25) is 11.6 Å². The molecule has 1 atom stereocenters. The van der Waals surface area contributed by atoms with E-state index in [0.29, 0.717) is 40.8 Å². The number of H-pyrrole nitrogens is 1. The van der Waals surface area contributed by atoms with Crippen LogP contribution in [-0.4, -0.2) is 53.5 Å². The van der Waals surface area contributed by atoms with Gasteiger partial charge >= 0.3 is 6.18 Å². The SMILES string of the molecule is Fc1cnc(Cc2ccc(Cl)cc2)nc1OC1CCC(Cc2nc3cc(-c4nnc(C(F)(F)F)[nH]4)ccc3n2CC2CCO2)CC1. The average molecular weight is 656 g/mol. The molecular weight excluding hydrogens is 626 g/mol. The predicted molar refractivity (Wildman–Crippen MR) is 161 cm³/mol. The van der Waals surface area contributed by atoms with E-state index in [4.69, 9.17) is 26.1 Å². The van der Waals surface area contributed by atoms with Crippen molar-refractivity contribution >= 4 is 22.6 Å². The summed E-state index contributed by atoms with van der Waals surface area (Å²) in [5, 5.41) is 7.58. The summed E-state index contributed by atoms with van der Waals surface area (Å²) in [4.78, 5) is 15.7. The fourth-order valence-electron chi connectivity index (χ4n) is 6.05. The minimum absolute atomic E-state index is 0.0307. The quantitative estimate of drug-likeness (QED) is 0.171. The summed E-state index contributed by atoms with van der Waals surface area (Å²) >= 11 is 5.97. The molecule has 14 heteroatoms. The van der Waals surface area contributed by atoms with Crippen molar-refractivity contribution in [3.8, 4) is 17.3 Å². The smallest absolute Gasteiger partial charge is 0.451 e. The lowest BCUT2D eigenvalue weighted by Crippen LogP contribution is -2.32. The number of ether oxygens (including phenoxy) is 2.